The van der Waals surface area contributed by atoms with E-state index in [1.807, 2.05) is 36.4 Å². The highest BCUT2D eigenvalue weighted by molar-refractivity contribution is 6.30. The van der Waals surface area contributed by atoms with Crippen LogP contribution in [0.15, 0.2) is 54.6 Å². The van der Waals surface area contributed by atoms with E-state index in [1.54, 1.807) is 12.1 Å². The number of piperazine rings is 1. The third-order valence-electron chi connectivity index (χ3n) is 4.34. The van der Waals surface area contributed by atoms with Gasteiger partial charge < -0.3 is 4.90 Å². The van der Waals surface area contributed by atoms with Crippen LogP contribution < -0.4 is 4.90 Å². The Morgan fingerprint density at radius 3 is 2.56 bits per heavy atom. The fourth-order valence-corrected chi connectivity index (χ4v) is 3.17. The zero-order valence-corrected chi connectivity index (χ0v) is 14.6. The summed E-state index contributed by atoms with van der Waals surface area (Å²) in [7, 11) is 0. The maximum atomic E-state index is 11.0. The van der Waals surface area contributed by atoms with E-state index in [0.717, 1.165) is 43.4 Å². The van der Waals surface area contributed by atoms with Crippen LogP contribution in [0, 0.1) is 10.1 Å². The Bertz CT molecular complexity index is 771. The van der Waals surface area contributed by atoms with Gasteiger partial charge in [0, 0.05) is 49.5 Å². The van der Waals surface area contributed by atoms with Crippen molar-refractivity contribution in [2.45, 2.75) is 0 Å². The number of anilines is 1. The summed E-state index contributed by atoms with van der Waals surface area (Å²) in [5.41, 5.74) is 1.94. The van der Waals surface area contributed by atoms with Crippen molar-refractivity contribution in [3.63, 3.8) is 0 Å². The Morgan fingerprint density at radius 2 is 1.84 bits per heavy atom. The quantitative estimate of drug-likeness (QED) is 0.597. The summed E-state index contributed by atoms with van der Waals surface area (Å²) >= 11 is 6.06. The molecule has 1 fully saturated rings. The van der Waals surface area contributed by atoms with E-state index < -0.39 is 0 Å². The van der Waals surface area contributed by atoms with Crippen molar-refractivity contribution in [2.75, 3.05) is 37.6 Å². The number of hydrogen-bond donors (Lipinski definition) is 0. The Balaban J connectivity index is 1.54. The van der Waals surface area contributed by atoms with Crippen molar-refractivity contribution in [3.05, 3.63) is 75.3 Å². The zero-order valence-electron chi connectivity index (χ0n) is 13.8. The molecule has 1 saturated heterocycles. The summed E-state index contributed by atoms with van der Waals surface area (Å²) < 4.78 is 0. The Kier molecular flexibility index (Phi) is 5.68. The molecule has 0 N–H and O–H groups in total. The van der Waals surface area contributed by atoms with Crippen molar-refractivity contribution in [1.29, 1.82) is 0 Å². The van der Waals surface area contributed by atoms with E-state index in [9.17, 15) is 10.1 Å². The molecule has 2 aromatic rings. The predicted molar refractivity (Wildman–Crippen MR) is 102 cm³/mol. The van der Waals surface area contributed by atoms with Crippen molar-refractivity contribution >= 4 is 29.1 Å². The fourth-order valence-electron chi connectivity index (χ4n) is 2.98. The smallest absolute Gasteiger partial charge is 0.276 e. The van der Waals surface area contributed by atoms with Gasteiger partial charge in [-0.2, -0.15) is 0 Å². The number of nitro groups is 1. The molecule has 0 aromatic heterocycles. The lowest BCUT2D eigenvalue weighted by atomic mass is 10.1. The van der Waals surface area contributed by atoms with Gasteiger partial charge in [-0.25, -0.2) is 0 Å². The Labute approximate surface area is 152 Å². The van der Waals surface area contributed by atoms with Gasteiger partial charge in [0.05, 0.1) is 10.5 Å². The molecule has 0 unspecified atom stereocenters. The standard InChI is InChI=1S/C19H20ClN3O2/c20-17-7-3-8-18(15-17)22-13-11-21(12-14-22)10-4-6-16-5-1-2-9-19(16)23(24)25/h1-9,15H,10-14H2/b6-4+. The van der Waals surface area contributed by atoms with Gasteiger partial charge in [0.1, 0.15) is 0 Å². The van der Waals surface area contributed by atoms with Gasteiger partial charge >= 0.3 is 0 Å². The number of benzene rings is 2. The van der Waals surface area contributed by atoms with Crippen LogP contribution >= 0.6 is 11.6 Å². The van der Waals surface area contributed by atoms with E-state index in [0.29, 0.717) is 5.56 Å². The molecule has 2 aromatic carbocycles. The van der Waals surface area contributed by atoms with Gasteiger partial charge in [-0.1, -0.05) is 42.0 Å². The largest absolute Gasteiger partial charge is 0.369 e. The van der Waals surface area contributed by atoms with Gasteiger partial charge in [-0.05, 0) is 24.3 Å². The lowest BCUT2D eigenvalue weighted by Crippen LogP contribution is -2.46. The second kappa shape index (κ2) is 8.14. The molecule has 5 nitrogen and oxygen atoms in total. The second-order valence-corrected chi connectivity index (χ2v) is 6.42. The third kappa shape index (κ3) is 4.59. The van der Waals surface area contributed by atoms with E-state index in [-0.39, 0.29) is 10.6 Å². The molecule has 6 heteroatoms. The number of para-hydroxylation sites is 1. The highest BCUT2D eigenvalue weighted by Gasteiger charge is 2.16. The lowest BCUT2D eigenvalue weighted by Gasteiger charge is -2.35. The molecule has 0 aliphatic carbocycles. The van der Waals surface area contributed by atoms with Crippen molar-refractivity contribution in [1.82, 2.24) is 4.90 Å². The summed E-state index contributed by atoms with van der Waals surface area (Å²) in [5, 5.41) is 11.8. The first-order chi connectivity index (χ1) is 12.1. The number of rotatable bonds is 5. The zero-order chi connectivity index (χ0) is 17.6. The van der Waals surface area contributed by atoms with Crippen molar-refractivity contribution < 1.29 is 4.92 Å². The Hall–Kier alpha value is -2.37. The van der Waals surface area contributed by atoms with Crippen LogP contribution in [0.1, 0.15) is 5.56 Å². The summed E-state index contributed by atoms with van der Waals surface area (Å²) in [6, 6.07) is 14.7. The highest BCUT2D eigenvalue weighted by atomic mass is 35.5. The summed E-state index contributed by atoms with van der Waals surface area (Å²) in [6.07, 6.45) is 3.83. The molecule has 1 aliphatic heterocycles. The average Bonchev–Trinajstić information content (AvgIpc) is 2.62. The molecular weight excluding hydrogens is 338 g/mol. The van der Waals surface area contributed by atoms with Crippen LogP contribution in [-0.2, 0) is 0 Å². The fraction of sp³-hybridized carbons (Fsp3) is 0.263. The van der Waals surface area contributed by atoms with Gasteiger partial charge in [0.15, 0.2) is 0 Å². The molecule has 3 rings (SSSR count). The first-order valence-corrected chi connectivity index (χ1v) is 8.64. The van der Waals surface area contributed by atoms with E-state index in [4.69, 9.17) is 11.6 Å². The first-order valence-electron chi connectivity index (χ1n) is 8.26. The minimum absolute atomic E-state index is 0.143. The predicted octanol–water partition coefficient (Wildman–Crippen LogP) is 4.08. The Morgan fingerprint density at radius 1 is 1.08 bits per heavy atom. The minimum atomic E-state index is -0.344. The van der Waals surface area contributed by atoms with Gasteiger partial charge in [0.2, 0.25) is 0 Å². The monoisotopic (exact) mass is 357 g/mol. The van der Waals surface area contributed by atoms with Gasteiger partial charge in [0.25, 0.3) is 5.69 Å². The minimum Gasteiger partial charge on any atom is -0.369 e. The van der Waals surface area contributed by atoms with Crippen LogP contribution in [0.25, 0.3) is 6.08 Å². The maximum absolute atomic E-state index is 11.0. The molecular formula is C19H20ClN3O2. The summed E-state index contributed by atoms with van der Waals surface area (Å²) in [4.78, 5) is 15.4. The van der Waals surface area contributed by atoms with Crippen LogP contribution in [0.4, 0.5) is 11.4 Å². The van der Waals surface area contributed by atoms with Crippen molar-refractivity contribution in [2.24, 2.45) is 0 Å². The molecule has 1 heterocycles. The van der Waals surface area contributed by atoms with E-state index >= 15 is 0 Å². The molecule has 25 heavy (non-hydrogen) atoms. The van der Waals surface area contributed by atoms with Crippen LogP contribution in [0.5, 0.6) is 0 Å². The molecule has 0 amide bonds. The van der Waals surface area contributed by atoms with E-state index in [1.165, 1.54) is 6.07 Å². The van der Waals surface area contributed by atoms with Crippen molar-refractivity contribution in [3.8, 4) is 0 Å². The molecule has 0 radical (unpaired) electrons. The SMILES string of the molecule is O=[N+]([O-])c1ccccc1/C=C/CN1CCN(c2cccc(Cl)c2)CC1. The molecule has 0 spiro atoms. The number of hydrogen-bond acceptors (Lipinski definition) is 4. The molecule has 0 bridgehead atoms. The van der Waals surface area contributed by atoms with Crippen LogP contribution in [-0.4, -0.2) is 42.5 Å². The molecule has 130 valence electrons. The van der Waals surface area contributed by atoms with Gasteiger partial charge in [-0.3, -0.25) is 15.0 Å². The van der Waals surface area contributed by atoms with Crippen LogP contribution in [0.2, 0.25) is 5.02 Å². The number of nitro benzene ring substituents is 1. The molecule has 0 atom stereocenters. The highest BCUT2D eigenvalue weighted by Crippen LogP contribution is 2.21. The normalized spacial score (nSPS) is 15.6. The van der Waals surface area contributed by atoms with E-state index in [2.05, 4.69) is 15.9 Å². The lowest BCUT2D eigenvalue weighted by molar-refractivity contribution is -0.385. The number of nitrogens with zero attached hydrogens (tertiary/aromatic N) is 3. The molecule has 0 saturated carbocycles. The van der Waals surface area contributed by atoms with Crippen LogP contribution in [0.3, 0.4) is 0 Å². The topological polar surface area (TPSA) is 49.6 Å². The third-order valence-corrected chi connectivity index (χ3v) is 4.58. The maximum Gasteiger partial charge on any atom is 0.276 e. The molecule has 1 aliphatic rings. The number of halogens is 1. The van der Waals surface area contributed by atoms with Gasteiger partial charge in [-0.15, -0.1) is 0 Å². The summed E-state index contributed by atoms with van der Waals surface area (Å²) in [5.74, 6) is 0. The average molecular weight is 358 g/mol. The first kappa shape index (κ1) is 17.5. The second-order valence-electron chi connectivity index (χ2n) is 5.99. The summed E-state index contributed by atoms with van der Waals surface area (Å²) in [6.45, 7) is 4.58.